The number of amides is 1. The predicted octanol–water partition coefficient (Wildman–Crippen LogP) is 2.04. The van der Waals surface area contributed by atoms with E-state index in [-0.39, 0.29) is 36.4 Å². The maximum atomic E-state index is 11.9. The first kappa shape index (κ1) is 24.3. The van der Waals surface area contributed by atoms with Crippen molar-refractivity contribution >= 4 is 47.6 Å². The van der Waals surface area contributed by atoms with Gasteiger partial charge in [0.05, 0.1) is 19.6 Å². The van der Waals surface area contributed by atoms with Gasteiger partial charge in [0.15, 0.2) is 5.96 Å². The largest absolute Gasteiger partial charge is 0.356 e. The average Bonchev–Trinajstić information content (AvgIpc) is 3.17. The Bertz CT molecular complexity index is 736. The molecule has 0 aliphatic rings. The molecule has 1 aromatic heterocycles. The number of hydrogen-bond donors (Lipinski definition) is 2. The molecule has 28 heavy (non-hydrogen) atoms. The Morgan fingerprint density at radius 1 is 1.21 bits per heavy atom. The molecule has 0 unspecified atom stereocenters. The van der Waals surface area contributed by atoms with Gasteiger partial charge in [-0.1, -0.05) is 24.3 Å². The summed E-state index contributed by atoms with van der Waals surface area (Å²) in [6.45, 7) is 2.24. The molecular weight excluding hydrogens is 487 g/mol. The minimum Gasteiger partial charge on any atom is -0.356 e. The molecule has 2 N–H and O–H groups in total. The van der Waals surface area contributed by atoms with Crippen molar-refractivity contribution < 1.29 is 4.79 Å². The van der Waals surface area contributed by atoms with Crippen LogP contribution in [0.4, 0.5) is 0 Å². The van der Waals surface area contributed by atoms with E-state index in [2.05, 4.69) is 39.1 Å². The van der Waals surface area contributed by atoms with Crippen molar-refractivity contribution in [3.63, 3.8) is 0 Å². The number of carbonyl (C=O) groups excluding carboxylic acids is 1. The summed E-state index contributed by atoms with van der Waals surface area (Å²) in [5, 5.41) is 10.7. The molecule has 0 radical (unpaired) electrons. The summed E-state index contributed by atoms with van der Waals surface area (Å²) in [5.74, 6) is 1.62. The summed E-state index contributed by atoms with van der Waals surface area (Å²) in [6, 6.07) is 10.1. The van der Waals surface area contributed by atoms with Gasteiger partial charge in [0.25, 0.3) is 0 Å². The monoisotopic (exact) mass is 516 g/mol. The van der Waals surface area contributed by atoms with Gasteiger partial charge in [0.1, 0.15) is 0 Å². The number of rotatable bonds is 9. The van der Waals surface area contributed by atoms with Crippen LogP contribution in [-0.4, -0.2) is 65.7 Å². The molecule has 0 saturated carbocycles. The highest BCUT2D eigenvalue weighted by Crippen LogP contribution is 2.11. The summed E-state index contributed by atoms with van der Waals surface area (Å²) in [4.78, 5) is 18.1. The van der Waals surface area contributed by atoms with Crippen LogP contribution in [0.2, 0.25) is 0 Å². The normalized spacial score (nSPS) is 10.9. The van der Waals surface area contributed by atoms with E-state index in [0.29, 0.717) is 19.0 Å². The second kappa shape index (κ2) is 13.4. The number of guanidine groups is 1. The minimum absolute atomic E-state index is 0. The van der Waals surface area contributed by atoms with Crippen LogP contribution in [0.1, 0.15) is 11.1 Å². The van der Waals surface area contributed by atoms with Gasteiger partial charge in [0, 0.05) is 38.8 Å². The van der Waals surface area contributed by atoms with E-state index in [1.165, 1.54) is 5.56 Å². The Kier molecular flexibility index (Phi) is 11.7. The number of carbonyl (C=O) groups is 1. The predicted molar refractivity (Wildman–Crippen MR) is 127 cm³/mol. The Hall–Kier alpha value is -1.75. The molecule has 0 bridgehead atoms. The topological polar surface area (TPSA) is 74.5 Å². The molecule has 0 atom stereocenters. The van der Waals surface area contributed by atoms with Crippen LogP contribution in [0, 0.1) is 0 Å². The van der Waals surface area contributed by atoms with Gasteiger partial charge in [-0.2, -0.15) is 16.9 Å². The Labute approximate surface area is 188 Å². The number of aromatic nitrogens is 2. The van der Waals surface area contributed by atoms with Crippen LogP contribution in [-0.2, 0) is 17.9 Å². The number of benzene rings is 1. The Morgan fingerprint density at radius 2 is 1.96 bits per heavy atom. The van der Waals surface area contributed by atoms with Crippen LogP contribution in [0.25, 0.3) is 0 Å². The molecule has 1 aromatic carbocycles. The number of aliphatic imine (C=N–C) groups is 1. The number of thioether (sulfide) groups is 1. The molecule has 2 aromatic rings. The molecular formula is C19H29IN6OS. The molecule has 0 spiro atoms. The summed E-state index contributed by atoms with van der Waals surface area (Å²) in [7, 11) is 3.49. The van der Waals surface area contributed by atoms with Gasteiger partial charge in [-0.05, 0) is 23.4 Å². The third-order valence-corrected chi connectivity index (χ3v) is 4.53. The number of likely N-dealkylation sites (N-methyl/N-ethyl adjacent to an activating group) is 1. The SMILES string of the molecule is CSCCNC(=NCc1ccccc1Cn1cccn1)NCC(=O)N(C)C.I. The lowest BCUT2D eigenvalue weighted by molar-refractivity contribution is -0.127. The average molecular weight is 516 g/mol. The molecule has 0 saturated heterocycles. The molecule has 9 heteroatoms. The zero-order valence-electron chi connectivity index (χ0n) is 16.6. The van der Waals surface area contributed by atoms with E-state index in [1.807, 2.05) is 29.1 Å². The number of hydrogen-bond acceptors (Lipinski definition) is 4. The zero-order valence-corrected chi connectivity index (χ0v) is 19.7. The lowest BCUT2D eigenvalue weighted by atomic mass is 10.1. The molecule has 7 nitrogen and oxygen atoms in total. The second-order valence-electron chi connectivity index (χ2n) is 6.20. The smallest absolute Gasteiger partial charge is 0.241 e. The van der Waals surface area contributed by atoms with Crippen LogP contribution >= 0.6 is 35.7 Å². The molecule has 2 rings (SSSR count). The fraction of sp³-hybridized carbons (Fsp3) is 0.421. The highest BCUT2D eigenvalue weighted by atomic mass is 127. The van der Waals surface area contributed by atoms with Gasteiger partial charge < -0.3 is 15.5 Å². The number of nitrogens with one attached hydrogen (secondary N) is 2. The molecule has 0 fully saturated rings. The first-order valence-corrected chi connectivity index (χ1v) is 10.2. The summed E-state index contributed by atoms with van der Waals surface area (Å²) in [6.07, 6.45) is 5.79. The van der Waals surface area contributed by atoms with Crippen molar-refractivity contribution in [1.29, 1.82) is 0 Å². The van der Waals surface area contributed by atoms with Gasteiger partial charge in [-0.3, -0.25) is 9.48 Å². The van der Waals surface area contributed by atoms with E-state index >= 15 is 0 Å². The molecule has 0 aliphatic carbocycles. The van der Waals surface area contributed by atoms with E-state index in [9.17, 15) is 4.79 Å². The fourth-order valence-electron chi connectivity index (χ4n) is 2.36. The maximum absolute atomic E-state index is 11.9. The fourth-order valence-corrected chi connectivity index (χ4v) is 2.67. The van der Waals surface area contributed by atoms with Crippen molar-refractivity contribution in [2.45, 2.75) is 13.1 Å². The number of nitrogens with zero attached hydrogens (tertiary/aromatic N) is 4. The van der Waals surface area contributed by atoms with E-state index in [4.69, 9.17) is 0 Å². The second-order valence-corrected chi connectivity index (χ2v) is 7.18. The van der Waals surface area contributed by atoms with Crippen LogP contribution in [0.3, 0.4) is 0 Å². The molecule has 0 aliphatic heterocycles. The molecule has 1 amide bonds. The Balaban J connectivity index is 0.00000392. The van der Waals surface area contributed by atoms with E-state index in [1.54, 1.807) is 37.0 Å². The van der Waals surface area contributed by atoms with Gasteiger partial charge in [-0.15, -0.1) is 24.0 Å². The third-order valence-electron chi connectivity index (χ3n) is 3.92. The summed E-state index contributed by atoms with van der Waals surface area (Å²) >= 11 is 1.76. The zero-order chi connectivity index (χ0) is 19.5. The van der Waals surface area contributed by atoms with Crippen molar-refractivity contribution in [3.05, 3.63) is 53.9 Å². The first-order chi connectivity index (χ1) is 13.1. The third kappa shape index (κ3) is 8.51. The van der Waals surface area contributed by atoms with E-state index < -0.39 is 0 Å². The minimum atomic E-state index is 0. The van der Waals surface area contributed by atoms with Crippen LogP contribution in [0.5, 0.6) is 0 Å². The quantitative estimate of drug-likeness (QED) is 0.231. The highest BCUT2D eigenvalue weighted by molar-refractivity contribution is 14.0. The Morgan fingerprint density at radius 3 is 2.61 bits per heavy atom. The van der Waals surface area contributed by atoms with Crippen LogP contribution in [0.15, 0.2) is 47.7 Å². The van der Waals surface area contributed by atoms with Crippen molar-refractivity contribution in [1.82, 2.24) is 25.3 Å². The lowest BCUT2D eigenvalue weighted by Crippen LogP contribution is -2.43. The van der Waals surface area contributed by atoms with Crippen molar-refractivity contribution in [2.75, 3.05) is 39.2 Å². The van der Waals surface area contributed by atoms with Crippen molar-refractivity contribution in [3.8, 4) is 0 Å². The molecule has 1 heterocycles. The summed E-state index contributed by atoms with van der Waals surface area (Å²) in [5.41, 5.74) is 2.32. The van der Waals surface area contributed by atoms with Gasteiger partial charge in [0.2, 0.25) is 5.91 Å². The van der Waals surface area contributed by atoms with Crippen LogP contribution < -0.4 is 10.6 Å². The molecule has 154 valence electrons. The first-order valence-electron chi connectivity index (χ1n) is 8.85. The maximum Gasteiger partial charge on any atom is 0.241 e. The van der Waals surface area contributed by atoms with Gasteiger partial charge >= 0.3 is 0 Å². The standard InChI is InChI=1S/C19H28N6OS.HI/c1-24(2)18(26)14-22-19(20-10-12-27-3)21-13-16-7-4-5-8-17(16)15-25-11-6-9-23-25;/h4-9,11H,10,12-15H2,1-3H3,(H2,20,21,22);1H. The summed E-state index contributed by atoms with van der Waals surface area (Å²) < 4.78 is 1.90. The number of halogens is 1. The lowest BCUT2D eigenvalue weighted by Gasteiger charge is -2.15. The van der Waals surface area contributed by atoms with E-state index in [0.717, 1.165) is 17.9 Å². The van der Waals surface area contributed by atoms with Crippen molar-refractivity contribution in [2.24, 2.45) is 4.99 Å². The van der Waals surface area contributed by atoms with Gasteiger partial charge in [-0.25, -0.2) is 4.99 Å². The highest BCUT2D eigenvalue weighted by Gasteiger charge is 2.07.